The standard InChI is InChI=1S/C17H22N2O5/c1-11-9-24-15-7-12(16(20)18-22)4-5-13(15)8-19(11)17(21)14-3-2-6-23-10-14/h4-5,7,11,14,22H,2-3,6,8-10H2,1H3,(H,18,20)/t11-,14-/m0/s1. The van der Waals surface area contributed by atoms with Crippen LogP contribution in [0.1, 0.15) is 35.7 Å². The van der Waals surface area contributed by atoms with Crippen LogP contribution in [0.5, 0.6) is 5.75 Å². The Morgan fingerprint density at radius 3 is 2.88 bits per heavy atom. The van der Waals surface area contributed by atoms with Gasteiger partial charge in [-0.2, -0.15) is 0 Å². The SMILES string of the molecule is C[C@H]1COc2cc(C(=O)NO)ccc2CN1C(=O)[C@H]1CCCOC1. The molecule has 2 heterocycles. The Bertz CT molecular complexity index is 627. The van der Waals surface area contributed by atoms with E-state index in [1.54, 1.807) is 23.7 Å². The first-order valence-corrected chi connectivity index (χ1v) is 8.18. The van der Waals surface area contributed by atoms with Crippen LogP contribution in [0.25, 0.3) is 0 Å². The molecule has 1 aromatic carbocycles. The van der Waals surface area contributed by atoms with Gasteiger partial charge in [0, 0.05) is 24.3 Å². The molecule has 0 aliphatic carbocycles. The summed E-state index contributed by atoms with van der Waals surface area (Å²) in [4.78, 5) is 26.2. The molecule has 3 rings (SSSR count). The van der Waals surface area contributed by atoms with Crippen LogP contribution in [0.4, 0.5) is 0 Å². The van der Waals surface area contributed by atoms with Gasteiger partial charge in [0.15, 0.2) is 0 Å². The Morgan fingerprint density at radius 2 is 2.17 bits per heavy atom. The first-order valence-electron chi connectivity index (χ1n) is 8.18. The van der Waals surface area contributed by atoms with Crippen molar-refractivity contribution < 1.29 is 24.3 Å². The summed E-state index contributed by atoms with van der Waals surface area (Å²) < 4.78 is 11.2. The predicted octanol–water partition coefficient (Wildman–Crippen LogP) is 1.34. The first kappa shape index (κ1) is 16.7. The molecule has 0 radical (unpaired) electrons. The van der Waals surface area contributed by atoms with Crippen molar-refractivity contribution in [2.45, 2.75) is 32.4 Å². The van der Waals surface area contributed by atoms with Gasteiger partial charge in [-0.1, -0.05) is 6.07 Å². The minimum absolute atomic E-state index is 0.0676. The molecule has 7 heteroatoms. The van der Waals surface area contributed by atoms with Crippen molar-refractivity contribution in [2.75, 3.05) is 19.8 Å². The van der Waals surface area contributed by atoms with Crippen molar-refractivity contribution in [3.05, 3.63) is 29.3 Å². The zero-order chi connectivity index (χ0) is 17.1. The fraction of sp³-hybridized carbons (Fsp3) is 0.529. The topological polar surface area (TPSA) is 88.1 Å². The molecule has 0 aromatic heterocycles. The van der Waals surface area contributed by atoms with E-state index in [1.165, 1.54) is 0 Å². The van der Waals surface area contributed by atoms with E-state index in [2.05, 4.69) is 0 Å². The molecule has 2 aliphatic rings. The maximum Gasteiger partial charge on any atom is 0.274 e. The van der Waals surface area contributed by atoms with E-state index >= 15 is 0 Å². The summed E-state index contributed by atoms with van der Waals surface area (Å²) in [5.41, 5.74) is 2.77. The molecular weight excluding hydrogens is 312 g/mol. The maximum absolute atomic E-state index is 12.8. The summed E-state index contributed by atoms with van der Waals surface area (Å²) in [5, 5.41) is 8.74. The quantitative estimate of drug-likeness (QED) is 0.629. The molecule has 2 amide bonds. The second kappa shape index (κ2) is 7.19. The molecule has 2 N–H and O–H groups in total. The lowest BCUT2D eigenvalue weighted by molar-refractivity contribution is -0.142. The largest absolute Gasteiger partial charge is 0.491 e. The van der Waals surface area contributed by atoms with Gasteiger partial charge in [0.25, 0.3) is 5.91 Å². The monoisotopic (exact) mass is 334 g/mol. The van der Waals surface area contributed by atoms with Gasteiger partial charge in [0.2, 0.25) is 5.91 Å². The van der Waals surface area contributed by atoms with E-state index in [1.807, 2.05) is 11.8 Å². The lowest BCUT2D eigenvalue weighted by Crippen LogP contribution is -2.45. The van der Waals surface area contributed by atoms with E-state index in [4.69, 9.17) is 14.7 Å². The molecule has 1 saturated heterocycles. The Morgan fingerprint density at radius 1 is 1.33 bits per heavy atom. The summed E-state index contributed by atoms with van der Waals surface area (Å²) in [6.07, 6.45) is 1.76. The fourth-order valence-corrected chi connectivity index (χ4v) is 3.13. The average Bonchev–Trinajstić information content (AvgIpc) is 2.80. The molecule has 0 bridgehead atoms. The van der Waals surface area contributed by atoms with E-state index in [9.17, 15) is 9.59 Å². The Balaban J connectivity index is 1.81. The summed E-state index contributed by atoms with van der Waals surface area (Å²) in [5.74, 6) is -0.0258. The summed E-state index contributed by atoms with van der Waals surface area (Å²) in [6, 6.07) is 4.89. The van der Waals surface area contributed by atoms with Crippen LogP contribution >= 0.6 is 0 Å². The molecule has 1 aromatic rings. The minimum atomic E-state index is -0.592. The third kappa shape index (κ3) is 3.37. The van der Waals surface area contributed by atoms with Crippen LogP contribution in [0.3, 0.4) is 0 Å². The number of fused-ring (bicyclic) bond motifs is 1. The van der Waals surface area contributed by atoms with Crippen LogP contribution in [0.15, 0.2) is 18.2 Å². The molecule has 2 aliphatic heterocycles. The Kier molecular flexibility index (Phi) is 5.01. The molecular formula is C17H22N2O5. The number of amides is 2. The first-order chi connectivity index (χ1) is 11.6. The number of ether oxygens (including phenoxy) is 2. The average molecular weight is 334 g/mol. The number of hydrogen-bond acceptors (Lipinski definition) is 5. The molecule has 0 saturated carbocycles. The highest BCUT2D eigenvalue weighted by molar-refractivity contribution is 5.93. The minimum Gasteiger partial charge on any atom is -0.491 e. The van der Waals surface area contributed by atoms with Crippen molar-refractivity contribution in [1.82, 2.24) is 10.4 Å². The number of rotatable bonds is 2. The van der Waals surface area contributed by atoms with Crippen LogP contribution in [0.2, 0.25) is 0 Å². The smallest absolute Gasteiger partial charge is 0.274 e. The van der Waals surface area contributed by atoms with Gasteiger partial charge >= 0.3 is 0 Å². The van der Waals surface area contributed by atoms with E-state index in [0.29, 0.717) is 31.1 Å². The number of nitrogens with one attached hydrogen (secondary N) is 1. The van der Waals surface area contributed by atoms with Crippen LogP contribution in [0, 0.1) is 5.92 Å². The van der Waals surface area contributed by atoms with E-state index in [-0.39, 0.29) is 17.9 Å². The Hall–Kier alpha value is -2.12. The lowest BCUT2D eigenvalue weighted by atomic mass is 9.99. The molecule has 0 spiro atoms. The number of carbonyl (C=O) groups is 2. The van der Waals surface area contributed by atoms with E-state index in [0.717, 1.165) is 25.0 Å². The van der Waals surface area contributed by atoms with Crippen molar-refractivity contribution in [3.8, 4) is 5.75 Å². The number of benzene rings is 1. The molecule has 2 atom stereocenters. The maximum atomic E-state index is 12.8. The highest BCUT2D eigenvalue weighted by atomic mass is 16.5. The normalized spacial score (nSPS) is 23.7. The van der Waals surface area contributed by atoms with Crippen molar-refractivity contribution in [3.63, 3.8) is 0 Å². The molecule has 24 heavy (non-hydrogen) atoms. The predicted molar refractivity (Wildman–Crippen MR) is 84.7 cm³/mol. The third-order valence-electron chi connectivity index (χ3n) is 4.58. The lowest BCUT2D eigenvalue weighted by Gasteiger charge is -2.31. The number of carbonyl (C=O) groups excluding carboxylic acids is 2. The molecule has 7 nitrogen and oxygen atoms in total. The number of hydroxylamine groups is 1. The Labute approximate surface area is 140 Å². The highest BCUT2D eigenvalue weighted by Gasteiger charge is 2.32. The second-order valence-electron chi connectivity index (χ2n) is 6.30. The van der Waals surface area contributed by atoms with Crippen molar-refractivity contribution >= 4 is 11.8 Å². The zero-order valence-corrected chi connectivity index (χ0v) is 13.7. The van der Waals surface area contributed by atoms with Gasteiger partial charge in [-0.25, -0.2) is 5.48 Å². The number of hydrogen-bond donors (Lipinski definition) is 2. The second-order valence-corrected chi connectivity index (χ2v) is 6.30. The third-order valence-corrected chi connectivity index (χ3v) is 4.58. The van der Waals surface area contributed by atoms with Gasteiger partial charge < -0.3 is 14.4 Å². The van der Waals surface area contributed by atoms with Gasteiger partial charge in [-0.05, 0) is 31.9 Å². The van der Waals surface area contributed by atoms with Crippen molar-refractivity contribution in [1.29, 1.82) is 0 Å². The summed E-state index contributed by atoms with van der Waals surface area (Å²) in [6.45, 7) is 3.95. The number of nitrogens with zero attached hydrogens (tertiary/aromatic N) is 1. The van der Waals surface area contributed by atoms with Crippen LogP contribution in [-0.4, -0.2) is 47.8 Å². The van der Waals surface area contributed by atoms with E-state index < -0.39 is 5.91 Å². The van der Waals surface area contributed by atoms with Gasteiger partial charge in [0.05, 0.1) is 18.6 Å². The molecule has 130 valence electrons. The molecule has 0 unspecified atom stereocenters. The molecule has 1 fully saturated rings. The van der Waals surface area contributed by atoms with Gasteiger partial charge in [-0.15, -0.1) is 0 Å². The van der Waals surface area contributed by atoms with Crippen LogP contribution in [-0.2, 0) is 16.1 Å². The van der Waals surface area contributed by atoms with Gasteiger partial charge in [-0.3, -0.25) is 14.8 Å². The summed E-state index contributed by atoms with van der Waals surface area (Å²) >= 11 is 0. The fourth-order valence-electron chi connectivity index (χ4n) is 3.13. The zero-order valence-electron chi connectivity index (χ0n) is 13.7. The van der Waals surface area contributed by atoms with Crippen LogP contribution < -0.4 is 10.2 Å². The summed E-state index contributed by atoms with van der Waals surface area (Å²) in [7, 11) is 0. The van der Waals surface area contributed by atoms with Gasteiger partial charge in [0.1, 0.15) is 12.4 Å². The highest BCUT2D eigenvalue weighted by Crippen LogP contribution is 2.28. The van der Waals surface area contributed by atoms with Crippen molar-refractivity contribution in [2.24, 2.45) is 5.92 Å².